The second-order valence-electron chi connectivity index (χ2n) is 2.04. The molecule has 0 spiro atoms. The number of hydrogen-bond acceptors (Lipinski definition) is 1. The van der Waals surface area contributed by atoms with Crippen LogP contribution in [0.1, 0.15) is 13.9 Å². The van der Waals surface area contributed by atoms with Crippen LogP contribution in [-0.2, 0) is 0 Å². The SMILES string of the molecule is C=Cc1cc[nH]c1NCC.[HH]. The maximum absolute atomic E-state index is 3.69. The van der Waals surface area contributed by atoms with E-state index in [0.29, 0.717) is 0 Å². The van der Waals surface area contributed by atoms with Gasteiger partial charge in [0.1, 0.15) is 5.82 Å². The third-order valence-electron chi connectivity index (χ3n) is 1.35. The minimum atomic E-state index is 0. The Morgan fingerprint density at radius 2 is 2.70 bits per heavy atom. The van der Waals surface area contributed by atoms with Gasteiger partial charge in [0.2, 0.25) is 0 Å². The maximum atomic E-state index is 3.69. The molecule has 0 saturated carbocycles. The van der Waals surface area contributed by atoms with Crippen molar-refractivity contribution >= 4 is 11.9 Å². The molecule has 0 aliphatic rings. The highest BCUT2D eigenvalue weighted by molar-refractivity contribution is 5.62. The fourth-order valence-electron chi connectivity index (χ4n) is 0.881. The summed E-state index contributed by atoms with van der Waals surface area (Å²) >= 11 is 0. The van der Waals surface area contributed by atoms with Crippen molar-refractivity contribution < 1.29 is 1.43 Å². The van der Waals surface area contributed by atoms with E-state index in [9.17, 15) is 0 Å². The predicted octanol–water partition coefficient (Wildman–Crippen LogP) is 2.34. The van der Waals surface area contributed by atoms with Crippen LogP contribution in [0, 0.1) is 0 Å². The Morgan fingerprint density at radius 3 is 3.30 bits per heavy atom. The highest BCUT2D eigenvalue weighted by Gasteiger charge is 1.95. The summed E-state index contributed by atoms with van der Waals surface area (Å²) in [6.45, 7) is 6.68. The van der Waals surface area contributed by atoms with Crippen LogP contribution in [0.2, 0.25) is 0 Å². The van der Waals surface area contributed by atoms with Crippen LogP contribution in [-0.4, -0.2) is 11.5 Å². The van der Waals surface area contributed by atoms with Gasteiger partial charge >= 0.3 is 0 Å². The van der Waals surface area contributed by atoms with Gasteiger partial charge in [-0.1, -0.05) is 12.7 Å². The van der Waals surface area contributed by atoms with Crippen molar-refractivity contribution in [2.24, 2.45) is 0 Å². The number of rotatable bonds is 3. The molecule has 0 aliphatic carbocycles. The van der Waals surface area contributed by atoms with E-state index < -0.39 is 0 Å². The van der Waals surface area contributed by atoms with Crippen molar-refractivity contribution in [2.45, 2.75) is 6.92 Å². The van der Waals surface area contributed by atoms with Gasteiger partial charge < -0.3 is 10.3 Å². The molecular formula is C8H14N2. The molecule has 2 N–H and O–H groups in total. The topological polar surface area (TPSA) is 27.8 Å². The van der Waals surface area contributed by atoms with E-state index in [4.69, 9.17) is 0 Å². The van der Waals surface area contributed by atoms with Crippen LogP contribution in [0.5, 0.6) is 0 Å². The molecule has 0 aromatic carbocycles. The highest BCUT2D eigenvalue weighted by atomic mass is 15.0. The standard InChI is InChI=1S/C8H12N2.H2/c1-3-7-5-6-10-8(7)9-4-2;/h3,5-6,9-10H,1,4H2,2H3;1H. The summed E-state index contributed by atoms with van der Waals surface area (Å²) in [5.41, 5.74) is 1.13. The van der Waals surface area contributed by atoms with E-state index >= 15 is 0 Å². The van der Waals surface area contributed by atoms with Crippen molar-refractivity contribution in [2.75, 3.05) is 11.9 Å². The van der Waals surface area contributed by atoms with E-state index in [1.807, 2.05) is 18.3 Å². The Morgan fingerprint density at radius 1 is 1.90 bits per heavy atom. The molecule has 1 aromatic rings. The molecule has 0 fully saturated rings. The summed E-state index contributed by atoms with van der Waals surface area (Å²) in [4.78, 5) is 3.08. The van der Waals surface area contributed by atoms with Gasteiger partial charge in [0.25, 0.3) is 0 Å². The molecule has 0 bridgehead atoms. The third kappa shape index (κ3) is 1.21. The minimum absolute atomic E-state index is 0. The lowest BCUT2D eigenvalue weighted by atomic mass is 10.3. The van der Waals surface area contributed by atoms with E-state index in [0.717, 1.165) is 17.9 Å². The van der Waals surface area contributed by atoms with Gasteiger partial charge in [-0.3, -0.25) is 0 Å². The van der Waals surface area contributed by atoms with E-state index in [2.05, 4.69) is 23.8 Å². The Kier molecular flexibility index (Phi) is 2.15. The lowest BCUT2D eigenvalue weighted by molar-refractivity contribution is 1.18. The predicted molar refractivity (Wildman–Crippen MR) is 47.2 cm³/mol. The van der Waals surface area contributed by atoms with Gasteiger partial charge in [-0.2, -0.15) is 0 Å². The van der Waals surface area contributed by atoms with E-state index in [1.54, 1.807) is 0 Å². The minimum Gasteiger partial charge on any atom is -0.371 e. The zero-order valence-corrected chi connectivity index (χ0v) is 6.15. The molecule has 0 saturated heterocycles. The van der Waals surface area contributed by atoms with Gasteiger partial charge in [0.05, 0.1) is 0 Å². The Bertz CT molecular complexity index is 218. The van der Waals surface area contributed by atoms with Crippen LogP contribution in [0.4, 0.5) is 5.82 Å². The van der Waals surface area contributed by atoms with E-state index in [1.165, 1.54) is 0 Å². The summed E-state index contributed by atoms with van der Waals surface area (Å²) in [6, 6.07) is 1.99. The van der Waals surface area contributed by atoms with Crippen molar-refractivity contribution in [1.82, 2.24) is 4.98 Å². The summed E-state index contributed by atoms with van der Waals surface area (Å²) in [5, 5.41) is 3.18. The smallest absolute Gasteiger partial charge is 0.110 e. The average molecular weight is 138 g/mol. The van der Waals surface area contributed by atoms with Gasteiger partial charge in [-0.25, -0.2) is 0 Å². The van der Waals surface area contributed by atoms with Crippen LogP contribution in [0.3, 0.4) is 0 Å². The number of hydrogen-bond donors (Lipinski definition) is 2. The average Bonchev–Trinajstić information content (AvgIpc) is 2.36. The van der Waals surface area contributed by atoms with Gasteiger partial charge in [0.15, 0.2) is 0 Å². The largest absolute Gasteiger partial charge is 0.371 e. The molecule has 0 atom stereocenters. The molecule has 0 unspecified atom stereocenters. The normalized spacial score (nSPS) is 9.30. The first-order chi connectivity index (χ1) is 4.88. The molecule has 1 rings (SSSR count). The van der Waals surface area contributed by atoms with Crippen LogP contribution in [0.15, 0.2) is 18.8 Å². The second-order valence-corrected chi connectivity index (χ2v) is 2.04. The van der Waals surface area contributed by atoms with Crippen molar-refractivity contribution in [3.8, 4) is 0 Å². The molecule has 0 radical (unpaired) electrons. The molecule has 0 amide bonds. The Hall–Kier alpha value is -1.18. The number of nitrogens with one attached hydrogen (secondary N) is 2. The summed E-state index contributed by atoms with van der Waals surface area (Å²) in [6.07, 6.45) is 3.73. The number of aromatic nitrogens is 1. The zero-order chi connectivity index (χ0) is 7.40. The molecule has 1 heterocycles. The van der Waals surface area contributed by atoms with Gasteiger partial charge in [0, 0.05) is 19.7 Å². The zero-order valence-electron chi connectivity index (χ0n) is 6.15. The fraction of sp³-hybridized carbons (Fsp3) is 0.250. The second kappa shape index (κ2) is 3.11. The highest BCUT2D eigenvalue weighted by Crippen LogP contribution is 2.12. The molecule has 0 aliphatic heterocycles. The van der Waals surface area contributed by atoms with Gasteiger partial charge in [-0.15, -0.1) is 0 Å². The summed E-state index contributed by atoms with van der Waals surface area (Å²) < 4.78 is 0. The van der Waals surface area contributed by atoms with Gasteiger partial charge in [-0.05, 0) is 13.0 Å². The summed E-state index contributed by atoms with van der Waals surface area (Å²) in [5.74, 6) is 1.05. The quantitative estimate of drug-likeness (QED) is 0.659. The molecule has 10 heavy (non-hydrogen) atoms. The fourth-order valence-corrected chi connectivity index (χ4v) is 0.881. The molecule has 2 nitrogen and oxygen atoms in total. The first-order valence-electron chi connectivity index (χ1n) is 3.42. The summed E-state index contributed by atoms with van der Waals surface area (Å²) in [7, 11) is 0. The first-order valence-corrected chi connectivity index (χ1v) is 3.42. The van der Waals surface area contributed by atoms with Crippen LogP contribution < -0.4 is 5.32 Å². The number of aromatic amines is 1. The Labute approximate surface area is 62.4 Å². The molecule has 56 valence electrons. The maximum Gasteiger partial charge on any atom is 0.110 e. The number of H-pyrrole nitrogens is 1. The number of anilines is 1. The molecule has 1 aromatic heterocycles. The van der Waals surface area contributed by atoms with Crippen LogP contribution in [0.25, 0.3) is 6.08 Å². The Balaban J connectivity index is 0.000001000. The molecule has 2 heteroatoms. The van der Waals surface area contributed by atoms with E-state index in [-0.39, 0.29) is 1.43 Å². The monoisotopic (exact) mass is 138 g/mol. The van der Waals surface area contributed by atoms with Crippen molar-refractivity contribution in [3.63, 3.8) is 0 Å². The third-order valence-corrected chi connectivity index (χ3v) is 1.35. The lowest BCUT2D eigenvalue weighted by Gasteiger charge is -1.99. The van der Waals surface area contributed by atoms with Crippen LogP contribution >= 0.6 is 0 Å². The first kappa shape index (κ1) is 6.93. The van der Waals surface area contributed by atoms with Crippen molar-refractivity contribution in [3.05, 3.63) is 24.4 Å². The van der Waals surface area contributed by atoms with Crippen molar-refractivity contribution in [1.29, 1.82) is 0 Å². The lowest BCUT2D eigenvalue weighted by Crippen LogP contribution is -1.97. The molecular weight excluding hydrogens is 124 g/mol.